The van der Waals surface area contributed by atoms with E-state index in [1.54, 1.807) is 4.80 Å². The Bertz CT molecular complexity index is 1050. The molecule has 0 amide bonds. The molecule has 190 valence electrons. The maximum atomic E-state index is 13.6. The molecule has 2 aromatic rings. The van der Waals surface area contributed by atoms with Gasteiger partial charge in [0.1, 0.15) is 17.6 Å². The number of benzene rings is 1. The van der Waals surface area contributed by atoms with Crippen molar-refractivity contribution in [1.29, 1.82) is 0 Å². The van der Waals surface area contributed by atoms with Crippen molar-refractivity contribution >= 4 is 16.8 Å². The lowest BCUT2D eigenvalue weighted by atomic mass is 9.49. The second-order valence-corrected chi connectivity index (χ2v) is 12.4. The number of fused-ring (bicyclic) bond motifs is 6. The smallest absolute Gasteiger partial charge is 0.159 e. The summed E-state index contributed by atoms with van der Waals surface area (Å²) in [7, 11) is 0. The van der Waals surface area contributed by atoms with E-state index in [-0.39, 0.29) is 11.3 Å². The van der Waals surface area contributed by atoms with Gasteiger partial charge in [0.2, 0.25) is 0 Å². The third-order valence-corrected chi connectivity index (χ3v) is 10.7. The lowest BCUT2D eigenvalue weighted by molar-refractivity contribution is -0.138. The minimum Gasteiger partial charge on any atom is -0.387 e. The van der Waals surface area contributed by atoms with E-state index in [1.165, 1.54) is 25.7 Å². The van der Waals surface area contributed by atoms with Crippen LogP contribution in [0.1, 0.15) is 71.6 Å². The van der Waals surface area contributed by atoms with E-state index in [0.717, 1.165) is 60.9 Å². The molecule has 0 spiro atoms. The minimum atomic E-state index is -0.622. The fraction of sp³-hybridized carbons (Fsp3) is 0.759. The number of ketones is 1. The van der Waals surface area contributed by atoms with Gasteiger partial charge in [0, 0.05) is 12.5 Å². The quantitative estimate of drug-likeness (QED) is 0.628. The summed E-state index contributed by atoms with van der Waals surface area (Å²) in [5.74, 6) is 4.01. The summed E-state index contributed by atoms with van der Waals surface area (Å²) in [4.78, 5) is 15.2. The second kappa shape index (κ2) is 8.95. The number of hydrogen-bond donors (Lipinski definition) is 1. The highest BCUT2D eigenvalue weighted by Gasteiger charge is 2.59. The third-order valence-electron chi connectivity index (χ3n) is 10.7. The Balaban J connectivity index is 1.14. The van der Waals surface area contributed by atoms with Crippen LogP contribution in [-0.4, -0.2) is 44.7 Å². The molecule has 0 unspecified atom stereocenters. The van der Waals surface area contributed by atoms with Gasteiger partial charge in [-0.05, 0) is 112 Å². The van der Waals surface area contributed by atoms with Gasteiger partial charge in [-0.2, -0.15) is 15.0 Å². The van der Waals surface area contributed by atoms with Crippen LogP contribution in [-0.2, 0) is 16.1 Å². The Hall–Kier alpha value is -1.79. The van der Waals surface area contributed by atoms with E-state index in [2.05, 4.69) is 17.1 Å². The standard InChI is InChI=1S/C29H41N3O3/c1-3-35-18-29(34)15-13-20-19(16-29)8-9-22-21(20)12-14-28(2)23(22)10-11-24(28)27(33)17-32-30-25-6-4-5-7-26(25)31-32/h4-7,19-24,34H,3,8-18H2,1-2H3/t19-,20-,21+,22+,23-,24+,28-,29+/m0/s1. The van der Waals surface area contributed by atoms with Crippen LogP contribution in [0.15, 0.2) is 24.3 Å². The molecular formula is C29H41N3O3. The zero-order valence-corrected chi connectivity index (χ0v) is 21.4. The maximum absolute atomic E-state index is 13.6. The molecule has 4 saturated carbocycles. The lowest BCUT2D eigenvalue weighted by Crippen LogP contribution is -2.52. The number of carbonyl (C=O) groups is 1. The number of ether oxygens (including phenoxy) is 1. The topological polar surface area (TPSA) is 77.2 Å². The van der Waals surface area contributed by atoms with Gasteiger partial charge < -0.3 is 9.84 Å². The predicted octanol–water partition coefficient (Wildman–Crippen LogP) is 5.04. The average Bonchev–Trinajstić information content (AvgIpc) is 3.42. The summed E-state index contributed by atoms with van der Waals surface area (Å²) >= 11 is 0. The van der Waals surface area contributed by atoms with E-state index in [9.17, 15) is 9.90 Å². The average molecular weight is 480 g/mol. The normalized spacial score (nSPS) is 40.8. The number of nitrogens with zero attached hydrogens (tertiary/aromatic N) is 3. The summed E-state index contributed by atoms with van der Waals surface area (Å²) in [5, 5.41) is 20.2. The highest BCUT2D eigenvalue weighted by Crippen LogP contribution is 2.64. The van der Waals surface area contributed by atoms with Gasteiger partial charge in [0.05, 0.1) is 12.2 Å². The van der Waals surface area contributed by atoms with Crippen LogP contribution in [0.25, 0.3) is 11.0 Å². The zero-order valence-electron chi connectivity index (χ0n) is 21.4. The Labute approximate surface area is 208 Å². The SMILES string of the molecule is CCOC[C@@]1(O)CC[C@H]2[C@@H](CC[C@@H]3[C@@H]2CC[C@]2(C)[C@@H](C(=O)Cn4nc5ccccc5n4)CC[C@@H]32)C1. The van der Waals surface area contributed by atoms with Gasteiger partial charge in [-0.25, -0.2) is 0 Å². The van der Waals surface area contributed by atoms with Crippen LogP contribution in [0, 0.1) is 40.9 Å². The first-order valence-corrected chi connectivity index (χ1v) is 14.0. The fourth-order valence-electron chi connectivity index (χ4n) is 9.14. The monoisotopic (exact) mass is 479 g/mol. The molecule has 1 N–H and O–H groups in total. The molecular weight excluding hydrogens is 438 g/mol. The summed E-state index contributed by atoms with van der Waals surface area (Å²) in [6.45, 7) is 5.88. The molecule has 4 fully saturated rings. The minimum absolute atomic E-state index is 0.113. The van der Waals surface area contributed by atoms with E-state index >= 15 is 0 Å². The lowest BCUT2D eigenvalue weighted by Gasteiger charge is -2.57. The van der Waals surface area contributed by atoms with Crippen molar-refractivity contribution < 1.29 is 14.6 Å². The van der Waals surface area contributed by atoms with E-state index < -0.39 is 5.60 Å². The maximum Gasteiger partial charge on any atom is 0.159 e. The van der Waals surface area contributed by atoms with Crippen molar-refractivity contribution in [1.82, 2.24) is 15.0 Å². The van der Waals surface area contributed by atoms with Crippen molar-refractivity contribution in [2.24, 2.45) is 40.9 Å². The first-order chi connectivity index (χ1) is 16.9. The van der Waals surface area contributed by atoms with Crippen molar-refractivity contribution in [3.63, 3.8) is 0 Å². The van der Waals surface area contributed by atoms with Crippen molar-refractivity contribution in [3.8, 4) is 0 Å². The van der Waals surface area contributed by atoms with Gasteiger partial charge in [-0.15, -0.1) is 0 Å². The molecule has 1 aromatic carbocycles. The second-order valence-electron chi connectivity index (χ2n) is 12.4. The van der Waals surface area contributed by atoms with Crippen molar-refractivity contribution in [2.45, 2.75) is 83.8 Å². The van der Waals surface area contributed by atoms with Crippen molar-refractivity contribution in [3.05, 3.63) is 24.3 Å². The first kappa shape index (κ1) is 23.6. The van der Waals surface area contributed by atoms with Gasteiger partial charge in [0.15, 0.2) is 5.78 Å². The van der Waals surface area contributed by atoms with Crippen LogP contribution in [0.3, 0.4) is 0 Å². The number of aromatic nitrogens is 3. The van der Waals surface area contributed by atoms with Crippen LogP contribution in [0.5, 0.6) is 0 Å². The third kappa shape index (κ3) is 4.05. The van der Waals surface area contributed by atoms with Crippen LogP contribution >= 0.6 is 0 Å². The number of rotatable bonds is 6. The predicted molar refractivity (Wildman–Crippen MR) is 135 cm³/mol. The number of hydrogen-bond acceptors (Lipinski definition) is 5. The molecule has 6 nitrogen and oxygen atoms in total. The molecule has 4 aliphatic carbocycles. The van der Waals surface area contributed by atoms with Gasteiger partial charge in [-0.3, -0.25) is 4.79 Å². The number of aliphatic hydroxyl groups is 1. The van der Waals surface area contributed by atoms with Gasteiger partial charge in [0.25, 0.3) is 0 Å². The molecule has 0 saturated heterocycles. The summed E-state index contributed by atoms with van der Waals surface area (Å²) in [6.07, 6.45) is 10.0. The molecule has 0 aliphatic heterocycles. The highest BCUT2D eigenvalue weighted by molar-refractivity contribution is 5.82. The molecule has 0 bridgehead atoms. The molecule has 4 aliphatic rings. The highest BCUT2D eigenvalue weighted by atomic mass is 16.5. The van der Waals surface area contributed by atoms with Crippen LogP contribution < -0.4 is 0 Å². The summed E-state index contributed by atoms with van der Waals surface area (Å²) in [6, 6.07) is 7.84. The van der Waals surface area contributed by atoms with Crippen LogP contribution in [0.2, 0.25) is 0 Å². The Kier molecular flexibility index (Phi) is 6.03. The molecule has 0 radical (unpaired) electrons. The number of Topliss-reactive ketones (excluding diaryl/α,β-unsaturated/α-hetero) is 1. The van der Waals surface area contributed by atoms with Gasteiger partial charge in [-0.1, -0.05) is 19.1 Å². The molecule has 8 atom stereocenters. The van der Waals surface area contributed by atoms with Crippen molar-refractivity contribution in [2.75, 3.05) is 13.2 Å². The Morgan fingerprint density at radius 3 is 2.51 bits per heavy atom. The Morgan fingerprint density at radius 1 is 1.03 bits per heavy atom. The fourth-order valence-corrected chi connectivity index (χ4v) is 9.14. The molecule has 35 heavy (non-hydrogen) atoms. The zero-order chi connectivity index (χ0) is 24.2. The molecule has 6 rings (SSSR count). The Morgan fingerprint density at radius 2 is 1.77 bits per heavy atom. The molecule has 1 heterocycles. The number of carbonyl (C=O) groups excluding carboxylic acids is 1. The largest absolute Gasteiger partial charge is 0.387 e. The molecule has 6 heteroatoms. The van der Waals surface area contributed by atoms with E-state index in [0.29, 0.717) is 37.4 Å². The van der Waals surface area contributed by atoms with Gasteiger partial charge >= 0.3 is 0 Å². The molecule has 1 aromatic heterocycles. The van der Waals surface area contributed by atoms with E-state index in [4.69, 9.17) is 4.74 Å². The summed E-state index contributed by atoms with van der Waals surface area (Å²) in [5.41, 5.74) is 1.20. The summed E-state index contributed by atoms with van der Waals surface area (Å²) < 4.78 is 5.63. The van der Waals surface area contributed by atoms with E-state index in [1.807, 2.05) is 31.2 Å². The first-order valence-electron chi connectivity index (χ1n) is 14.0. The van der Waals surface area contributed by atoms with Crippen LogP contribution in [0.4, 0.5) is 0 Å².